The van der Waals surface area contributed by atoms with Crippen LogP contribution in [-0.2, 0) is 23.9 Å². The molecule has 0 atom stereocenters. The van der Waals surface area contributed by atoms with Crippen LogP contribution in [0.3, 0.4) is 0 Å². The van der Waals surface area contributed by atoms with E-state index in [2.05, 4.69) is 9.47 Å². The van der Waals surface area contributed by atoms with Crippen LogP contribution in [0.2, 0.25) is 0 Å². The van der Waals surface area contributed by atoms with Crippen LogP contribution in [0.5, 0.6) is 0 Å². The van der Waals surface area contributed by atoms with Crippen molar-refractivity contribution in [2.45, 2.75) is 12.8 Å². The minimum Gasteiger partial charge on any atom is -0.466 e. The quantitative estimate of drug-likeness (QED) is 0.507. The smallest absolute Gasteiger partial charge is 0.331 e. The van der Waals surface area contributed by atoms with E-state index < -0.39 is 11.9 Å². The number of methoxy groups -OCH3 is 1. The van der Waals surface area contributed by atoms with E-state index in [1.165, 1.54) is 7.11 Å². The zero-order valence-corrected chi connectivity index (χ0v) is 9.68. The number of likely N-dealkylation sites (tertiary alicyclic amines) is 1. The van der Waals surface area contributed by atoms with Crippen molar-refractivity contribution in [2.24, 2.45) is 0 Å². The first-order valence-electron chi connectivity index (χ1n) is 5.34. The highest BCUT2D eigenvalue weighted by molar-refractivity contribution is 5.92. The normalized spacial score (nSPS) is 15.0. The van der Waals surface area contributed by atoms with Crippen molar-refractivity contribution in [3.8, 4) is 0 Å². The van der Waals surface area contributed by atoms with Gasteiger partial charge in [-0.2, -0.15) is 0 Å². The van der Waals surface area contributed by atoms with Crippen molar-refractivity contribution in [2.75, 3.05) is 26.8 Å². The molecule has 0 aromatic heterocycles. The number of hydrogen-bond donors (Lipinski definition) is 0. The molecular formula is C11H15NO5. The van der Waals surface area contributed by atoms with Gasteiger partial charge in [-0.15, -0.1) is 0 Å². The average Bonchev–Trinajstić information content (AvgIpc) is 2.86. The standard InChI is InChI=1S/C11H15NO5/c1-16-10(14)4-5-11(15)17-8-9(13)12-6-2-3-7-12/h4-5H,2-3,6-8H2,1H3/b5-4+. The van der Waals surface area contributed by atoms with Crippen molar-refractivity contribution < 1.29 is 23.9 Å². The number of hydrogen-bond acceptors (Lipinski definition) is 5. The van der Waals surface area contributed by atoms with E-state index in [9.17, 15) is 14.4 Å². The van der Waals surface area contributed by atoms with E-state index >= 15 is 0 Å². The maximum Gasteiger partial charge on any atom is 0.331 e. The van der Waals surface area contributed by atoms with Gasteiger partial charge in [-0.1, -0.05) is 0 Å². The summed E-state index contributed by atoms with van der Waals surface area (Å²) in [6, 6.07) is 0. The van der Waals surface area contributed by atoms with E-state index in [0.717, 1.165) is 25.0 Å². The minimum atomic E-state index is -0.733. The van der Waals surface area contributed by atoms with Gasteiger partial charge in [0.05, 0.1) is 7.11 Å². The molecule has 1 aliphatic heterocycles. The second-order valence-corrected chi connectivity index (χ2v) is 3.55. The molecule has 1 aliphatic rings. The van der Waals surface area contributed by atoms with Crippen LogP contribution in [0, 0.1) is 0 Å². The summed E-state index contributed by atoms with van der Waals surface area (Å²) in [4.78, 5) is 34.9. The summed E-state index contributed by atoms with van der Waals surface area (Å²) in [5, 5.41) is 0. The lowest BCUT2D eigenvalue weighted by atomic mass is 10.4. The molecule has 0 aliphatic carbocycles. The molecule has 1 heterocycles. The molecule has 1 fully saturated rings. The third-order valence-electron chi connectivity index (χ3n) is 2.35. The summed E-state index contributed by atoms with van der Waals surface area (Å²) in [7, 11) is 1.20. The summed E-state index contributed by atoms with van der Waals surface area (Å²) >= 11 is 0. The van der Waals surface area contributed by atoms with Gasteiger partial charge in [0.2, 0.25) is 0 Å². The molecule has 94 valence electrons. The highest BCUT2D eigenvalue weighted by Crippen LogP contribution is 2.07. The Kier molecular flexibility index (Phi) is 5.19. The summed E-state index contributed by atoms with van der Waals surface area (Å²) in [5.74, 6) is -1.59. The van der Waals surface area contributed by atoms with Crippen LogP contribution in [0.1, 0.15) is 12.8 Å². The van der Waals surface area contributed by atoms with Gasteiger partial charge in [-0.3, -0.25) is 4.79 Å². The SMILES string of the molecule is COC(=O)/C=C/C(=O)OCC(=O)N1CCCC1. The molecule has 0 aromatic carbocycles. The first-order valence-corrected chi connectivity index (χ1v) is 5.34. The number of carbonyl (C=O) groups excluding carboxylic acids is 3. The molecule has 0 unspecified atom stereocenters. The lowest BCUT2D eigenvalue weighted by Crippen LogP contribution is -2.31. The van der Waals surface area contributed by atoms with Crippen molar-refractivity contribution in [3.63, 3.8) is 0 Å². The van der Waals surface area contributed by atoms with Crippen LogP contribution in [0.15, 0.2) is 12.2 Å². The second-order valence-electron chi connectivity index (χ2n) is 3.55. The average molecular weight is 241 g/mol. The summed E-state index contributed by atoms with van der Waals surface area (Å²) in [6.07, 6.45) is 3.86. The fraction of sp³-hybridized carbons (Fsp3) is 0.545. The molecule has 1 saturated heterocycles. The summed E-state index contributed by atoms with van der Waals surface area (Å²) in [6.45, 7) is 1.15. The molecule has 0 aromatic rings. The van der Waals surface area contributed by atoms with E-state index in [-0.39, 0.29) is 12.5 Å². The number of rotatable bonds is 4. The van der Waals surface area contributed by atoms with E-state index in [1.807, 2.05) is 0 Å². The van der Waals surface area contributed by atoms with Crippen molar-refractivity contribution in [1.82, 2.24) is 4.90 Å². The molecule has 0 spiro atoms. The zero-order valence-electron chi connectivity index (χ0n) is 9.68. The van der Waals surface area contributed by atoms with E-state index in [4.69, 9.17) is 0 Å². The van der Waals surface area contributed by atoms with Crippen molar-refractivity contribution >= 4 is 17.8 Å². The van der Waals surface area contributed by atoms with Gasteiger partial charge in [-0.05, 0) is 12.8 Å². The van der Waals surface area contributed by atoms with Gasteiger partial charge in [0.15, 0.2) is 6.61 Å². The minimum absolute atomic E-state index is 0.206. The van der Waals surface area contributed by atoms with Crippen LogP contribution in [0.25, 0.3) is 0 Å². The first-order chi connectivity index (χ1) is 8.13. The molecular weight excluding hydrogens is 226 g/mol. The Labute approximate surface area is 99.2 Å². The highest BCUT2D eigenvalue weighted by atomic mass is 16.5. The lowest BCUT2D eigenvalue weighted by Gasteiger charge is -2.14. The predicted octanol–water partition coefficient (Wildman–Crippen LogP) is -0.119. The van der Waals surface area contributed by atoms with Crippen LogP contribution in [-0.4, -0.2) is 49.6 Å². The third-order valence-corrected chi connectivity index (χ3v) is 2.35. The first kappa shape index (κ1) is 13.2. The summed E-state index contributed by atoms with van der Waals surface area (Å²) in [5.41, 5.74) is 0. The van der Waals surface area contributed by atoms with Gasteiger partial charge in [0, 0.05) is 25.2 Å². The number of carbonyl (C=O) groups is 3. The Morgan fingerprint density at radius 1 is 1.12 bits per heavy atom. The Balaban J connectivity index is 2.25. The predicted molar refractivity (Wildman–Crippen MR) is 57.9 cm³/mol. The molecule has 6 heteroatoms. The van der Waals surface area contributed by atoms with Gasteiger partial charge < -0.3 is 14.4 Å². The zero-order chi connectivity index (χ0) is 12.7. The summed E-state index contributed by atoms with van der Waals surface area (Å²) < 4.78 is 8.99. The Morgan fingerprint density at radius 2 is 1.71 bits per heavy atom. The maximum absolute atomic E-state index is 11.5. The molecule has 0 saturated carbocycles. The largest absolute Gasteiger partial charge is 0.466 e. The van der Waals surface area contributed by atoms with Crippen LogP contribution < -0.4 is 0 Å². The lowest BCUT2D eigenvalue weighted by molar-refractivity contribution is -0.147. The second kappa shape index (κ2) is 6.67. The fourth-order valence-electron chi connectivity index (χ4n) is 1.44. The molecule has 17 heavy (non-hydrogen) atoms. The Bertz CT molecular complexity index is 331. The van der Waals surface area contributed by atoms with Gasteiger partial charge in [0.1, 0.15) is 0 Å². The van der Waals surface area contributed by atoms with Gasteiger partial charge in [0.25, 0.3) is 5.91 Å². The fourth-order valence-corrected chi connectivity index (χ4v) is 1.44. The number of ether oxygens (including phenoxy) is 2. The number of amides is 1. The van der Waals surface area contributed by atoms with E-state index in [1.54, 1.807) is 4.90 Å². The van der Waals surface area contributed by atoms with E-state index in [0.29, 0.717) is 13.1 Å². The monoisotopic (exact) mass is 241 g/mol. The molecule has 6 nitrogen and oxygen atoms in total. The van der Waals surface area contributed by atoms with Crippen LogP contribution >= 0.6 is 0 Å². The Morgan fingerprint density at radius 3 is 2.29 bits per heavy atom. The molecule has 0 bridgehead atoms. The Hall–Kier alpha value is -1.85. The molecule has 1 amide bonds. The van der Waals surface area contributed by atoms with Crippen molar-refractivity contribution in [3.05, 3.63) is 12.2 Å². The molecule has 1 rings (SSSR count). The van der Waals surface area contributed by atoms with Gasteiger partial charge >= 0.3 is 11.9 Å². The maximum atomic E-state index is 11.5. The molecule has 0 radical (unpaired) electrons. The van der Waals surface area contributed by atoms with Gasteiger partial charge in [-0.25, -0.2) is 9.59 Å². The topological polar surface area (TPSA) is 72.9 Å². The molecule has 0 N–H and O–H groups in total. The van der Waals surface area contributed by atoms with Crippen molar-refractivity contribution in [1.29, 1.82) is 0 Å². The number of nitrogens with zero attached hydrogens (tertiary/aromatic N) is 1. The third kappa shape index (κ3) is 4.67. The van der Waals surface area contributed by atoms with Crippen LogP contribution in [0.4, 0.5) is 0 Å². The highest BCUT2D eigenvalue weighted by Gasteiger charge is 2.18. The number of esters is 2.